The topological polar surface area (TPSA) is 30.7 Å². The van der Waals surface area contributed by atoms with Crippen LogP contribution in [0.3, 0.4) is 0 Å². The van der Waals surface area contributed by atoms with Crippen LogP contribution in [-0.4, -0.2) is 14.8 Å². The maximum absolute atomic E-state index is 6.14. The van der Waals surface area contributed by atoms with Crippen LogP contribution in [0.1, 0.15) is 5.56 Å². The van der Waals surface area contributed by atoms with Crippen molar-refractivity contribution in [1.82, 2.24) is 14.8 Å². The molecule has 0 aliphatic carbocycles. The van der Waals surface area contributed by atoms with Crippen molar-refractivity contribution in [2.24, 2.45) is 0 Å². The fourth-order valence-corrected chi connectivity index (χ4v) is 2.38. The van der Waals surface area contributed by atoms with E-state index in [1.807, 2.05) is 35.3 Å². The van der Waals surface area contributed by atoms with Gasteiger partial charge in [0.05, 0.1) is 17.8 Å². The summed E-state index contributed by atoms with van der Waals surface area (Å²) in [6.45, 7) is 0.565. The van der Waals surface area contributed by atoms with Crippen molar-refractivity contribution in [3.8, 4) is 11.1 Å². The maximum Gasteiger partial charge on any atom is 0.130 e. The normalized spacial score (nSPS) is 10.7. The molecule has 0 fully saturated rings. The van der Waals surface area contributed by atoms with Crippen LogP contribution in [-0.2, 0) is 6.54 Å². The van der Waals surface area contributed by atoms with Crippen molar-refractivity contribution in [1.29, 1.82) is 0 Å². The highest BCUT2D eigenvalue weighted by Gasteiger charge is 2.06. The molecular formula is C15H11Cl2N3. The highest BCUT2D eigenvalue weighted by Crippen LogP contribution is 2.21. The molecule has 0 saturated carbocycles. The van der Waals surface area contributed by atoms with Gasteiger partial charge in [-0.3, -0.25) is 4.68 Å². The molecule has 0 atom stereocenters. The first-order valence-electron chi connectivity index (χ1n) is 6.10. The molecule has 0 bridgehead atoms. The number of benzene rings is 1. The minimum atomic E-state index is 0.393. The fraction of sp³-hybridized carbons (Fsp3) is 0.0667. The molecule has 0 spiro atoms. The number of pyridine rings is 1. The molecule has 0 amide bonds. The van der Waals surface area contributed by atoms with Crippen LogP contribution in [0.15, 0.2) is 55.0 Å². The van der Waals surface area contributed by atoms with E-state index in [9.17, 15) is 0 Å². The largest absolute Gasteiger partial charge is 0.268 e. The number of aromatic nitrogens is 3. The van der Waals surface area contributed by atoms with Gasteiger partial charge in [0, 0.05) is 23.5 Å². The summed E-state index contributed by atoms with van der Waals surface area (Å²) in [6, 6.07) is 11.8. The van der Waals surface area contributed by atoms with E-state index in [4.69, 9.17) is 23.2 Å². The van der Waals surface area contributed by atoms with E-state index in [-0.39, 0.29) is 0 Å². The molecule has 0 N–H and O–H groups in total. The average molecular weight is 304 g/mol. The van der Waals surface area contributed by atoms with Gasteiger partial charge in [0.15, 0.2) is 0 Å². The molecule has 1 aromatic carbocycles. The van der Waals surface area contributed by atoms with Crippen LogP contribution in [0.25, 0.3) is 11.1 Å². The molecule has 100 valence electrons. The minimum absolute atomic E-state index is 0.393. The summed E-state index contributed by atoms with van der Waals surface area (Å²) in [7, 11) is 0. The van der Waals surface area contributed by atoms with Crippen molar-refractivity contribution < 1.29 is 0 Å². The molecule has 3 rings (SSSR count). The monoisotopic (exact) mass is 303 g/mol. The lowest BCUT2D eigenvalue weighted by Crippen LogP contribution is -2.01. The average Bonchev–Trinajstić information content (AvgIpc) is 2.92. The van der Waals surface area contributed by atoms with E-state index in [1.54, 1.807) is 12.3 Å². The molecule has 2 aromatic heterocycles. The van der Waals surface area contributed by atoms with Gasteiger partial charge in [0.2, 0.25) is 0 Å². The van der Waals surface area contributed by atoms with Crippen molar-refractivity contribution in [3.63, 3.8) is 0 Å². The first-order chi connectivity index (χ1) is 9.72. The lowest BCUT2D eigenvalue weighted by Gasteiger charge is -2.04. The number of hydrogen-bond donors (Lipinski definition) is 0. The second-order valence-corrected chi connectivity index (χ2v) is 5.19. The van der Waals surface area contributed by atoms with Crippen LogP contribution in [0.5, 0.6) is 0 Å². The smallest absolute Gasteiger partial charge is 0.130 e. The Hall–Kier alpha value is -1.84. The highest BCUT2D eigenvalue weighted by atomic mass is 35.5. The van der Waals surface area contributed by atoms with Crippen molar-refractivity contribution in [3.05, 3.63) is 70.7 Å². The molecule has 0 aliphatic rings. The summed E-state index contributed by atoms with van der Waals surface area (Å²) in [4.78, 5) is 4.04. The van der Waals surface area contributed by atoms with Gasteiger partial charge in [-0.05, 0) is 11.6 Å². The van der Waals surface area contributed by atoms with Crippen LogP contribution in [0, 0.1) is 0 Å². The number of halogens is 2. The van der Waals surface area contributed by atoms with E-state index in [0.29, 0.717) is 16.7 Å². The second kappa shape index (κ2) is 5.65. The Balaban J connectivity index is 1.84. The first kappa shape index (κ1) is 13.2. The van der Waals surface area contributed by atoms with Gasteiger partial charge in [0.1, 0.15) is 5.15 Å². The zero-order valence-electron chi connectivity index (χ0n) is 10.5. The predicted molar refractivity (Wildman–Crippen MR) is 81.0 cm³/mol. The number of nitrogens with zero attached hydrogens (tertiary/aromatic N) is 3. The zero-order valence-corrected chi connectivity index (χ0v) is 12.0. The molecule has 0 radical (unpaired) electrons. The predicted octanol–water partition coefficient (Wildman–Crippen LogP) is 4.30. The van der Waals surface area contributed by atoms with E-state index < -0.39 is 0 Å². The van der Waals surface area contributed by atoms with Gasteiger partial charge in [-0.25, -0.2) is 4.98 Å². The van der Waals surface area contributed by atoms with E-state index in [1.165, 1.54) is 0 Å². The van der Waals surface area contributed by atoms with Gasteiger partial charge in [0.25, 0.3) is 0 Å². The molecule has 20 heavy (non-hydrogen) atoms. The van der Waals surface area contributed by atoms with Crippen LogP contribution in [0.2, 0.25) is 10.2 Å². The third-order valence-corrected chi connectivity index (χ3v) is 3.53. The SMILES string of the molecule is Clc1cc(Cl)c(Cn2cc(-c3ccccc3)cn2)cn1. The summed E-state index contributed by atoms with van der Waals surface area (Å²) in [5.41, 5.74) is 3.10. The molecule has 0 saturated heterocycles. The minimum Gasteiger partial charge on any atom is -0.268 e. The van der Waals surface area contributed by atoms with Gasteiger partial charge in [-0.2, -0.15) is 5.10 Å². The molecule has 0 aliphatic heterocycles. The summed E-state index contributed by atoms with van der Waals surface area (Å²) in [5, 5.41) is 5.34. The van der Waals surface area contributed by atoms with Gasteiger partial charge in [-0.1, -0.05) is 53.5 Å². The Kier molecular flexibility index (Phi) is 3.72. The maximum atomic E-state index is 6.14. The Bertz CT molecular complexity index is 723. The van der Waals surface area contributed by atoms with Gasteiger partial charge in [-0.15, -0.1) is 0 Å². The molecule has 5 heteroatoms. The highest BCUT2D eigenvalue weighted by molar-refractivity contribution is 6.34. The lowest BCUT2D eigenvalue weighted by molar-refractivity contribution is 0.685. The van der Waals surface area contributed by atoms with Crippen molar-refractivity contribution >= 4 is 23.2 Å². The van der Waals surface area contributed by atoms with Gasteiger partial charge >= 0.3 is 0 Å². The number of rotatable bonds is 3. The summed E-state index contributed by atoms with van der Waals surface area (Å²) in [6.07, 6.45) is 5.50. The lowest BCUT2D eigenvalue weighted by atomic mass is 10.1. The number of hydrogen-bond acceptors (Lipinski definition) is 2. The Labute approximate surface area is 126 Å². The molecule has 0 unspecified atom stereocenters. The Morgan fingerprint density at radius 3 is 2.55 bits per heavy atom. The first-order valence-corrected chi connectivity index (χ1v) is 6.86. The third kappa shape index (κ3) is 2.84. The molecule has 3 aromatic rings. The van der Waals surface area contributed by atoms with Gasteiger partial charge < -0.3 is 0 Å². The van der Waals surface area contributed by atoms with Crippen LogP contribution < -0.4 is 0 Å². The molecular weight excluding hydrogens is 293 g/mol. The molecule has 3 nitrogen and oxygen atoms in total. The Morgan fingerprint density at radius 2 is 1.80 bits per heavy atom. The van der Waals surface area contributed by atoms with Crippen LogP contribution in [0.4, 0.5) is 0 Å². The van der Waals surface area contributed by atoms with Crippen molar-refractivity contribution in [2.75, 3.05) is 0 Å². The van der Waals surface area contributed by atoms with Crippen LogP contribution >= 0.6 is 23.2 Å². The zero-order chi connectivity index (χ0) is 13.9. The fourth-order valence-electron chi connectivity index (χ4n) is 1.96. The third-order valence-electron chi connectivity index (χ3n) is 2.97. The summed E-state index contributed by atoms with van der Waals surface area (Å²) < 4.78 is 1.83. The van der Waals surface area contributed by atoms with E-state index >= 15 is 0 Å². The Morgan fingerprint density at radius 1 is 1.00 bits per heavy atom. The van der Waals surface area contributed by atoms with E-state index in [0.717, 1.165) is 16.7 Å². The molecule has 2 heterocycles. The standard InChI is InChI=1S/C15H11Cl2N3/c16-14-6-15(17)18-7-13(14)10-20-9-12(8-19-20)11-4-2-1-3-5-11/h1-9H,10H2. The quantitative estimate of drug-likeness (QED) is 0.675. The summed E-state index contributed by atoms with van der Waals surface area (Å²) in [5.74, 6) is 0. The summed E-state index contributed by atoms with van der Waals surface area (Å²) >= 11 is 11.9. The second-order valence-electron chi connectivity index (χ2n) is 4.39. The van der Waals surface area contributed by atoms with E-state index in [2.05, 4.69) is 22.2 Å². The van der Waals surface area contributed by atoms with Crippen molar-refractivity contribution in [2.45, 2.75) is 6.54 Å².